The topological polar surface area (TPSA) is 62.3 Å². The second kappa shape index (κ2) is 8.10. The summed E-state index contributed by atoms with van der Waals surface area (Å²) in [5.41, 5.74) is 3.51. The van der Waals surface area contributed by atoms with Crippen LogP contribution in [0, 0.1) is 25.5 Å². The van der Waals surface area contributed by atoms with Crippen molar-refractivity contribution in [3.63, 3.8) is 0 Å². The Bertz CT molecular complexity index is 1220. The third-order valence-electron chi connectivity index (χ3n) is 5.07. The summed E-state index contributed by atoms with van der Waals surface area (Å²) in [5.74, 6) is -3.07. The van der Waals surface area contributed by atoms with E-state index in [1.54, 1.807) is 30.6 Å². The minimum absolute atomic E-state index is 0.0202. The Kier molecular flexibility index (Phi) is 5.33. The first-order valence-electron chi connectivity index (χ1n) is 9.64. The molecule has 0 saturated carbocycles. The van der Waals surface area contributed by atoms with Crippen LogP contribution in [0.5, 0.6) is 0 Å². The van der Waals surface area contributed by atoms with Crippen molar-refractivity contribution in [2.75, 3.05) is 5.32 Å². The van der Waals surface area contributed by atoms with Crippen molar-refractivity contribution < 1.29 is 18.4 Å². The molecule has 0 atom stereocenters. The molecular formula is C24H19F2N3O2. The van der Waals surface area contributed by atoms with Gasteiger partial charge in [-0.2, -0.15) is 0 Å². The zero-order valence-electron chi connectivity index (χ0n) is 16.9. The summed E-state index contributed by atoms with van der Waals surface area (Å²) in [6, 6.07) is 12.3. The molecule has 1 aromatic heterocycles. The van der Waals surface area contributed by atoms with Crippen molar-refractivity contribution in [3.05, 3.63) is 101 Å². The van der Waals surface area contributed by atoms with Gasteiger partial charge < -0.3 is 5.32 Å². The number of hydrogen-bond acceptors (Lipinski definition) is 4. The minimum atomic E-state index is -1.05. The SMILES string of the molecule is Cc1ccc(C2=C(Nc3ccc(F)c(F)c3)C(=O)N(Cc3cccnc3)C2=O)c(C)c1. The monoisotopic (exact) mass is 419 g/mol. The average Bonchev–Trinajstić information content (AvgIpc) is 2.96. The normalized spacial score (nSPS) is 13.9. The van der Waals surface area contributed by atoms with Crippen LogP contribution in [-0.2, 0) is 16.1 Å². The van der Waals surface area contributed by atoms with Gasteiger partial charge in [0.2, 0.25) is 0 Å². The fraction of sp³-hybridized carbons (Fsp3) is 0.125. The van der Waals surface area contributed by atoms with Crippen LogP contribution in [0.3, 0.4) is 0 Å². The molecule has 3 aromatic rings. The Morgan fingerprint density at radius 1 is 0.968 bits per heavy atom. The number of anilines is 1. The maximum Gasteiger partial charge on any atom is 0.278 e. The van der Waals surface area contributed by atoms with Gasteiger partial charge in [-0.3, -0.25) is 19.5 Å². The van der Waals surface area contributed by atoms with E-state index in [-0.39, 0.29) is 23.5 Å². The summed E-state index contributed by atoms with van der Waals surface area (Å²) in [7, 11) is 0. The van der Waals surface area contributed by atoms with Crippen molar-refractivity contribution in [1.82, 2.24) is 9.88 Å². The summed E-state index contributed by atoms with van der Waals surface area (Å²) in [4.78, 5) is 31.7. The molecule has 7 heteroatoms. The molecule has 2 heterocycles. The molecule has 4 rings (SSSR count). The van der Waals surface area contributed by atoms with Gasteiger partial charge >= 0.3 is 0 Å². The quantitative estimate of drug-likeness (QED) is 0.624. The third kappa shape index (κ3) is 3.94. The number of imide groups is 1. The highest BCUT2D eigenvalue weighted by molar-refractivity contribution is 6.36. The molecule has 1 aliphatic heterocycles. The number of amides is 2. The predicted octanol–water partition coefficient (Wildman–Crippen LogP) is 4.37. The highest BCUT2D eigenvalue weighted by Gasteiger charge is 2.39. The van der Waals surface area contributed by atoms with E-state index in [1.807, 2.05) is 26.0 Å². The molecule has 0 aliphatic carbocycles. The number of nitrogens with one attached hydrogen (secondary N) is 1. The Morgan fingerprint density at radius 3 is 2.45 bits per heavy atom. The lowest BCUT2D eigenvalue weighted by Crippen LogP contribution is -2.32. The minimum Gasteiger partial charge on any atom is -0.350 e. The van der Waals surface area contributed by atoms with Crippen LogP contribution < -0.4 is 5.32 Å². The number of nitrogens with zero attached hydrogens (tertiary/aromatic N) is 2. The molecule has 0 radical (unpaired) electrons. The Labute approximate surface area is 178 Å². The standard InChI is InChI=1S/C24H19F2N3O2/c1-14-5-7-18(15(2)10-14)21-22(28-17-6-8-19(25)20(26)11-17)24(31)29(23(21)30)13-16-4-3-9-27-12-16/h3-12,28H,13H2,1-2H3. The number of aromatic nitrogens is 1. The first-order chi connectivity index (χ1) is 14.8. The predicted molar refractivity (Wildman–Crippen MR) is 113 cm³/mol. The van der Waals surface area contributed by atoms with Crippen LogP contribution in [0.4, 0.5) is 14.5 Å². The summed E-state index contributed by atoms with van der Waals surface area (Å²) in [6.07, 6.45) is 3.19. The summed E-state index contributed by atoms with van der Waals surface area (Å²) < 4.78 is 27.1. The lowest BCUT2D eigenvalue weighted by Gasteiger charge is -2.15. The first kappa shape index (κ1) is 20.4. The smallest absolute Gasteiger partial charge is 0.278 e. The van der Waals surface area contributed by atoms with E-state index in [9.17, 15) is 18.4 Å². The lowest BCUT2D eigenvalue weighted by molar-refractivity contribution is -0.137. The summed E-state index contributed by atoms with van der Waals surface area (Å²) in [6.45, 7) is 3.83. The van der Waals surface area contributed by atoms with Gasteiger partial charge in [0.25, 0.3) is 11.8 Å². The maximum atomic E-state index is 13.7. The van der Waals surface area contributed by atoms with Crippen LogP contribution in [0.1, 0.15) is 22.3 Å². The molecule has 2 amide bonds. The fourth-order valence-electron chi connectivity index (χ4n) is 3.57. The first-order valence-corrected chi connectivity index (χ1v) is 9.64. The largest absolute Gasteiger partial charge is 0.350 e. The number of aryl methyl sites for hydroxylation is 2. The van der Waals surface area contributed by atoms with Crippen molar-refractivity contribution >= 4 is 23.1 Å². The van der Waals surface area contributed by atoms with E-state index < -0.39 is 23.4 Å². The summed E-state index contributed by atoms with van der Waals surface area (Å²) >= 11 is 0. The molecule has 1 N–H and O–H groups in total. The molecule has 2 aromatic carbocycles. The van der Waals surface area contributed by atoms with Crippen molar-refractivity contribution in [2.45, 2.75) is 20.4 Å². The molecule has 0 bridgehead atoms. The van der Waals surface area contributed by atoms with Gasteiger partial charge in [0, 0.05) is 24.1 Å². The van der Waals surface area contributed by atoms with Gasteiger partial charge in [-0.15, -0.1) is 0 Å². The highest BCUT2D eigenvalue weighted by Crippen LogP contribution is 2.33. The van der Waals surface area contributed by atoms with Crippen molar-refractivity contribution in [2.24, 2.45) is 0 Å². The van der Waals surface area contributed by atoms with Crippen LogP contribution in [0.15, 0.2) is 66.6 Å². The van der Waals surface area contributed by atoms with Gasteiger partial charge in [0.05, 0.1) is 12.1 Å². The van der Waals surface area contributed by atoms with E-state index in [0.29, 0.717) is 11.1 Å². The Morgan fingerprint density at radius 2 is 1.77 bits per heavy atom. The zero-order chi connectivity index (χ0) is 22.1. The van der Waals surface area contributed by atoms with E-state index in [2.05, 4.69) is 10.3 Å². The number of halogens is 2. The van der Waals surface area contributed by atoms with Gasteiger partial charge in [0.15, 0.2) is 11.6 Å². The molecule has 0 saturated heterocycles. The summed E-state index contributed by atoms with van der Waals surface area (Å²) in [5, 5.41) is 2.84. The van der Waals surface area contributed by atoms with Crippen LogP contribution in [-0.4, -0.2) is 21.7 Å². The number of pyridine rings is 1. The molecule has 156 valence electrons. The van der Waals surface area contributed by atoms with E-state index in [0.717, 1.165) is 28.2 Å². The van der Waals surface area contributed by atoms with Gasteiger partial charge in [-0.1, -0.05) is 29.8 Å². The second-order valence-corrected chi connectivity index (χ2v) is 7.38. The van der Waals surface area contributed by atoms with Crippen LogP contribution in [0.2, 0.25) is 0 Å². The van der Waals surface area contributed by atoms with Crippen LogP contribution in [0.25, 0.3) is 5.57 Å². The fourth-order valence-corrected chi connectivity index (χ4v) is 3.57. The number of rotatable bonds is 5. The van der Waals surface area contributed by atoms with E-state index in [1.165, 1.54) is 6.07 Å². The number of carbonyl (C=O) groups excluding carboxylic acids is 2. The van der Waals surface area contributed by atoms with Gasteiger partial charge in [-0.05, 0) is 48.7 Å². The third-order valence-corrected chi connectivity index (χ3v) is 5.07. The van der Waals surface area contributed by atoms with Crippen molar-refractivity contribution in [3.8, 4) is 0 Å². The zero-order valence-corrected chi connectivity index (χ0v) is 16.9. The Hall–Kier alpha value is -3.87. The molecule has 0 unspecified atom stereocenters. The van der Waals surface area contributed by atoms with E-state index >= 15 is 0 Å². The highest BCUT2D eigenvalue weighted by atomic mass is 19.2. The molecular weight excluding hydrogens is 400 g/mol. The molecule has 0 fully saturated rings. The molecule has 5 nitrogen and oxygen atoms in total. The lowest BCUT2D eigenvalue weighted by atomic mass is 9.97. The van der Waals surface area contributed by atoms with Crippen LogP contribution >= 0.6 is 0 Å². The molecule has 1 aliphatic rings. The van der Waals surface area contributed by atoms with Gasteiger partial charge in [0.1, 0.15) is 5.70 Å². The number of hydrogen-bond donors (Lipinski definition) is 1. The Balaban J connectivity index is 1.79. The maximum absolute atomic E-state index is 13.7. The van der Waals surface area contributed by atoms with Gasteiger partial charge in [-0.25, -0.2) is 8.78 Å². The second-order valence-electron chi connectivity index (χ2n) is 7.38. The molecule has 31 heavy (non-hydrogen) atoms. The number of benzene rings is 2. The van der Waals surface area contributed by atoms with E-state index in [4.69, 9.17) is 0 Å². The molecule has 0 spiro atoms. The average molecular weight is 419 g/mol. The van der Waals surface area contributed by atoms with Crippen molar-refractivity contribution in [1.29, 1.82) is 0 Å². The number of carbonyl (C=O) groups is 2.